The summed E-state index contributed by atoms with van der Waals surface area (Å²) in [5.74, 6) is 0. The third kappa shape index (κ3) is 3.05. The Morgan fingerprint density at radius 1 is 0.882 bits per heavy atom. The molecule has 84 valence electrons. The minimum Gasteiger partial charge on any atom is -0.279 e. The van der Waals surface area contributed by atoms with Crippen molar-refractivity contribution in [1.29, 1.82) is 0 Å². The second-order valence-electron chi connectivity index (χ2n) is 3.57. The molecule has 0 atom stereocenters. The number of nitrogens with zero attached hydrogens (tertiary/aromatic N) is 1. The highest BCUT2D eigenvalue weighted by molar-refractivity contribution is 5.85. The summed E-state index contributed by atoms with van der Waals surface area (Å²) in [6, 6.07) is 17.8. The quantitative estimate of drug-likeness (QED) is 0.618. The molecular formula is C15H14N2. The van der Waals surface area contributed by atoms with Crippen LogP contribution in [0.2, 0.25) is 0 Å². The van der Waals surface area contributed by atoms with Gasteiger partial charge in [0.1, 0.15) is 0 Å². The number of hydrazone groups is 1. The first-order chi connectivity index (χ1) is 8.40. The lowest BCUT2D eigenvalue weighted by Crippen LogP contribution is -1.91. The molecule has 0 fully saturated rings. The zero-order valence-electron chi connectivity index (χ0n) is 9.51. The van der Waals surface area contributed by atoms with Gasteiger partial charge >= 0.3 is 0 Å². The Morgan fingerprint density at radius 3 is 2.24 bits per heavy atom. The van der Waals surface area contributed by atoms with E-state index in [1.165, 1.54) is 0 Å². The maximum absolute atomic E-state index is 4.20. The fourth-order valence-electron chi connectivity index (χ4n) is 1.50. The van der Waals surface area contributed by atoms with Crippen molar-refractivity contribution in [2.45, 2.75) is 0 Å². The zero-order chi connectivity index (χ0) is 11.9. The Hall–Kier alpha value is -2.35. The average Bonchev–Trinajstić information content (AvgIpc) is 2.40. The third-order valence-corrected chi connectivity index (χ3v) is 2.39. The highest BCUT2D eigenvalue weighted by Crippen LogP contribution is 2.08. The molecule has 0 amide bonds. The van der Waals surface area contributed by atoms with Crippen LogP contribution in [0.5, 0.6) is 0 Å². The zero-order valence-corrected chi connectivity index (χ0v) is 9.51. The Balaban J connectivity index is 2.08. The van der Waals surface area contributed by atoms with Crippen LogP contribution < -0.4 is 5.43 Å². The van der Waals surface area contributed by atoms with Gasteiger partial charge in [-0.25, -0.2) is 0 Å². The van der Waals surface area contributed by atoms with Gasteiger partial charge in [-0.2, -0.15) is 5.10 Å². The van der Waals surface area contributed by atoms with E-state index < -0.39 is 0 Å². The van der Waals surface area contributed by atoms with Gasteiger partial charge in [-0.3, -0.25) is 5.43 Å². The molecule has 17 heavy (non-hydrogen) atoms. The largest absolute Gasteiger partial charge is 0.279 e. The van der Waals surface area contributed by atoms with Gasteiger partial charge < -0.3 is 0 Å². The van der Waals surface area contributed by atoms with E-state index in [2.05, 4.69) is 17.1 Å². The Morgan fingerprint density at radius 2 is 1.53 bits per heavy atom. The van der Waals surface area contributed by atoms with E-state index in [1.807, 2.05) is 60.7 Å². The van der Waals surface area contributed by atoms with Crippen molar-refractivity contribution in [3.63, 3.8) is 0 Å². The number of nitrogens with one attached hydrogen (secondary N) is 1. The van der Waals surface area contributed by atoms with Crippen LogP contribution >= 0.6 is 0 Å². The predicted molar refractivity (Wildman–Crippen MR) is 74.2 cm³/mol. The van der Waals surface area contributed by atoms with Crippen molar-refractivity contribution in [2.75, 3.05) is 5.43 Å². The van der Waals surface area contributed by atoms with E-state index in [4.69, 9.17) is 0 Å². The lowest BCUT2D eigenvalue weighted by molar-refractivity contribution is 1.35. The van der Waals surface area contributed by atoms with Gasteiger partial charge in [0.15, 0.2) is 0 Å². The van der Waals surface area contributed by atoms with Crippen LogP contribution in [0.1, 0.15) is 11.1 Å². The predicted octanol–water partition coefficient (Wildman–Crippen LogP) is 3.78. The minimum atomic E-state index is 0.972. The normalized spacial score (nSPS) is 10.4. The van der Waals surface area contributed by atoms with E-state index in [1.54, 1.807) is 6.21 Å². The molecule has 2 aromatic rings. The van der Waals surface area contributed by atoms with Crippen molar-refractivity contribution in [1.82, 2.24) is 0 Å². The average molecular weight is 222 g/mol. The Kier molecular flexibility index (Phi) is 3.71. The van der Waals surface area contributed by atoms with Crippen LogP contribution in [0.4, 0.5) is 5.69 Å². The number of hydrogen-bond donors (Lipinski definition) is 1. The van der Waals surface area contributed by atoms with Crippen LogP contribution in [0.3, 0.4) is 0 Å². The molecule has 0 bridgehead atoms. The molecule has 0 saturated carbocycles. The van der Waals surface area contributed by atoms with Crippen LogP contribution in [0, 0.1) is 0 Å². The number of benzene rings is 2. The number of para-hydroxylation sites is 1. The minimum absolute atomic E-state index is 0.972. The summed E-state index contributed by atoms with van der Waals surface area (Å²) in [4.78, 5) is 0. The van der Waals surface area contributed by atoms with Crippen LogP contribution in [0.25, 0.3) is 6.08 Å². The second-order valence-corrected chi connectivity index (χ2v) is 3.57. The van der Waals surface area contributed by atoms with Gasteiger partial charge in [0, 0.05) is 5.56 Å². The number of rotatable bonds is 4. The summed E-state index contributed by atoms with van der Waals surface area (Å²) < 4.78 is 0. The van der Waals surface area contributed by atoms with E-state index >= 15 is 0 Å². The van der Waals surface area contributed by atoms with Crippen LogP contribution in [-0.2, 0) is 0 Å². The lowest BCUT2D eigenvalue weighted by Gasteiger charge is -2.00. The van der Waals surface area contributed by atoms with Gasteiger partial charge in [-0.15, -0.1) is 0 Å². The van der Waals surface area contributed by atoms with E-state index in [9.17, 15) is 0 Å². The highest BCUT2D eigenvalue weighted by atomic mass is 15.3. The van der Waals surface area contributed by atoms with Crippen molar-refractivity contribution in [2.24, 2.45) is 5.10 Å². The summed E-state index contributed by atoms with van der Waals surface area (Å²) >= 11 is 0. The van der Waals surface area contributed by atoms with Crippen LogP contribution in [0.15, 0.2) is 66.3 Å². The van der Waals surface area contributed by atoms with Crippen molar-refractivity contribution in [3.05, 3.63) is 72.3 Å². The van der Waals surface area contributed by atoms with Crippen molar-refractivity contribution < 1.29 is 0 Å². The summed E-state index contributed by atoms with van der Waals surface area (Å²) in [6.45, 7) is 3.78. The maximum Gasteiger partial charge on any atom is 0.0561 e. The molecule has 0 radical (unpaired) electrons. The Labute approximate surface area is 101 Å². The summed E-state index contributed by atoms with van der Waals surface area (Å²) in [6.07, 6.45) is 3.62. The van der Waals surface area contributed by atoms with Gasteiger partial charge in [0.25, 0.3) is 0 Å². The number of hydrogen-bond acceptors (Lipinski definition) is 2. The Bertz CT molecular complexity index is 515. The van der Waals surface area contributed by atoms with E-state index in [-0.39, 0.29) is 0 Å². The molecule has 2 rings (SSSR count). The van der Waals surface area contributed by atoms with Gasteiger partial charge in [-0.05, 0) is 17.7 Å². The molecule has 2 aromatic carbocycles. The van der Waals surface area contributed by atoms with Gasteiger partial charge in [-0.1, -0.05) is 55.1 Å². The molecule has 0 aliphatic heterocycles. The van der Waals surface area contributed by atoms with Gasteiger partial charge in [0.05, 0.1) is 11.9 Å². The molecule has 0 saturated heterocycles. The second kappa shape index (κ2) is 5.66. The molecule has 0 aliphatic carbocycles. The van der Waals surface area contributed by atoms with E-state index in [0.29, 0.717) is 0 Å². The highest BCUT2D eigenvalue weighted by Gasteiger charge is 1.93. The smallest absolute Gasteiger partial charge is 0.0561 e. The molecule has 0 spiro atoms. The number of anilines is 1. The molecule has 0 heterocycles. The topological polar surface area (TPSA) is 24.4 Å². The molecule has 0 unspecified atom stereocenters. The van der Waals surface area contributed by atoms with E-state index in [0.717, 1.165) is 16.8 Å². The molecule has 1 N–H and O–H groups in total. The maximum atomic E-state index is 4.20. The van der Waals surface area contributed by atoms with Crippen molar-refractivity contribution in [3.8, 4) is 0 Å². The van der Waals surface area contributed by atoms with Gasteiger partial charge in [0.2, 0.25) is 0 Å². The SMILES string of the molecule is C=Cc1ccccc1/C=N/Nc1ccccc1. The molecular weight excluding hydrogens is 208 g/mol. The lowest BCUT2D eigenvalue weighted by atomic mass is 10.1. The van der Waals surface area contributed by atoms with Crippen LogP contribution in [-0.4, -0.2) is 6.21 Å². The standard InChI is InChI=1S/C15H14N2/c1-2-13-8-6-7-9-14(13)12-16-17-15-10-4-3-5-11-15/h2-12,17H,1H2/b16-12+. The van der Waals surface area contributed by atoms with Crippen molar-refractivity contribution >= 4 is 18.0 Å². The molecule has 2 nitrogen and oxygen atoms in total. The summed E-state index contributed by atoms with van der Waals surface area (Å²) in [5, 5.41) is 4.20. The molecule has 0 aliphatic rings. The third-order valence-electron chi connectivity index (χ3n) is 2.39. The summed E-state index contributed by atoms with van der Waals surface area (Å²) in [7, 11) is 0. The first kappa shape index (κ1) is 11.1. The first-order valence-electron chi connectivity index (χ1n) is 5.46. The fraction of sp³-hybridized carbons (Fsp3) is 0. The molecule has 2 heteroatoms. The summed E-state index contributed by atoms with van der Waals surface area (Å²) in [5.41, 5.74) is 6.07. The monoisotopic (exact) mass is 222 g/mol. The fourth-order valence-corrected chi connectivity index (χ4v) is 1.50. The first-order valence-corrected chi connectivity index (χ1v) is 5.46. The molecule has 0 aromatic heterocycles.